The van der Waals surface area contributed by atoms with Crippen LogP contribution in [0.25, 0.3) is 0 Å². The van der Waals surface area contributed by atoms with Gasteiger partial charge in [-0.1, -0.05) is 48.5 Å². The number of rotatable bonds is 8. The molecule has 2 N–H and O–H groups in total. The Kier molecular flexibility index (Phi) is 8.30. The van der Waals surface area contributed by atoms with Crippen LogP contribution in [0.2, 0.25) is 0 Å². The van der Waals surface area contributed by atoms with E-state index in [1.165, 1.54) is 18.2 Å². The van der Waals surface area contributed by atoms with Crippen molar-refractivity contribution in [3.8, 4) is 0 Å². The summed E-state index contributed by atoms with van der Waals surface area (Å²) < 4.78 is 20.2. The molecule has 0 atom stereocenters. The highest BCUT2D eigenvalue weighted by atomic mass is 19.1. The number of nitrogens with one attached hydrogen (secondary N) is 2. The number of esters is 1. The van der Waals surface area contributed by atoms with Crippen LogP contribution in [-0.2, 0) is 9.53 Å². The van der Waals surface area contributed by atoms with E-state index < -0.39 is 23.3 Å². The summed E-state index contributed by atoms with van der Waals surface area (Å²) in [4.78, 5) is 40.3. The average molecular weight is 504 g/mol. The van der Waals surface area contributed by atoms with Gasteiger partial charge in [-0.25, -0.2) is 9.18 Å². The highest BCUT2D eigenvalue weighted by Crippen LogP contribution is 2.28. The van der Waals surface area contributed by atoms with Crippen molar-refractivity contribution in [1.82, 2.24) is 10.2 Å². The Bertz CT molecular complexity index is 1260. The molecule has 0 aliphatic carbocycles. The molecule has 0 aromatic heterocycles. The van der Waals surface area contributed by atoms with Crippen LogP contribution < -0.4 is 10.6 Å². The van der Waals surface area contributed by atoms with Crippen LogP contribution in [0.15, 0.2) is 78.9 Å². The molecule has 8 heteroatoms. The summed E-state index contributed by atoms with van der Waals surface area (Å²) in [6, 6.07) is 22.1. The predicted octanol–water partition coefficient (Wildman–Crippen LogP) is 4.19. The Morgan fingerprint density at radius 1 is 0.892 bits per heavy atom. The van der Waals surface area contributed by atoms with Crippen LogP contribution >= 0.6 is 0 Å². The molecule has 7 nitrogen and oxygen atoms in total. The van der Waals surface area contributed by atoms with E-state index in [0.717, 1.165) is 11.3 Å². The lowest BCUT2D eigenvalue weighted by Gasteiger charge is -2.41. The van der Waals surface area contributed by atoms with E-state index in [1.54, 1.807) is 18.2 Å². The van der Waals surface area contributed by atoms with Gasteiger partial charge in [0.1, 0.15) is 11.4 Å². The lowest BCUT2D eigenvalue weighted by Crippen LogP contribution is -2.54. The second-order valence-corrected chi connectivity index (χ2v) is 9.24. The second-order valence-electron chi connectivity index (χ2n) is 9.24. The number of hydrogen-bond donors (Lipinski definition) is 2. The Hall–Kier alpha value is -4.04. The lowest BCUT2D eigenvalue weighted by atomic mass is 9.90. The fraction of sp³-hybridized carbons (Fsp3) is 0.276. The SMILES string of the molecule is Cc1ccccc1C(=O)OC1(CNC(=O)c2ccccc2F)CCN(CC(=O)Nc2ccccc2)CC1. The van der Waals surface area contributed by atoms with Gasteiger partial charge < -0.3 is 15.4 Å². The zero-order chi connectivity index (χ0) is 26.3. The van der Waals surface area contributed by atoms with Crippen LogP contribution in [0.4, 0.5) is 10.1 Å². The Morgan fingerprint density at radius 3 is 2.19 bits per heavy atom. The van der Waals surface area contributed by atoms with Crippen LogP contribution in [0.1, 0.15) is 39.1 Å². The Balaban J connectivity index is 1.43. The molecule has 1 heterocycles. The van der Waals surface area contributed by atoms with E-state index >= 15 is 0 Å². The van der Waals surface area contributed by atoms with Gasteiger partial charge in [0.05, 0.1) is 24.2 Å². The first-order valence-electron chi connectivity index (χ1n) is 12.2. The predicted molar refractivity (Wildman–Crippen MR) is 139 cm³/mol. The van der Waals surface area contributed by atoms with Gasteiger partial charge in [-0.15, -0.1) is 0 Å². The molecule has 1 aliphatic rings. The first kappa shape index (κ1) is 26.0. The highest BCUT2D eigenvalue weighted by Gasteiger charge is 2.39. The zero-order valence-electron chi connectivity index (χ0n) is 20.7. The minimum absolute atomic E-state index is 0.0296. The minimum Gasteiger partial charge on any atom is -0.453 e. The largest absolute Gasteiger partial charge is 0.453 e. The topological polar surface area (TPSA) is 87.7 Å². The van der Waals surface area contributed by atoms with Crippen LogP contribution in [0, 0.1) is 12.7 Å². The number of amides is 2. The number of piperidine rings is 1. The number of halogens is 1. The monoisotopic (exact) mass is 503 g/mol. The number of para-hydroxylation sites is 1. The van der Waals surface area contributed by atoms with Gasteiger partial charge in [0.15, 0.2) is 0 Å². The van der Waals surface area contributed by atoms with Crippen molar-refractivity contribution in [2.24, 2.45) is 0 Å². The maximum Gasteiger partial charge on any atom is 0.339 e. The number of nitrogens with zero attached hydrogens (tertiary/aromatic N) is 1. The third-order valence-electron chi connectivity index (χ3n) is 6.56. The van der Waals surface area contributed by atoms with Crippen LogP contribution in [0.5, 0.6) is 0 Å². The zero-order valence-corrected chi connectivity index (χ0v) is 20.7. The fourth-order valence-electron chi connectivity index (χ4n) is 4.39. The van der Waals surface area contributed by atoms with Gasteiger partial charge in [0, 0.05) is 31.6 Å². The van der Waals surface area contributed by atoms with Gasteiger partial charge in [-0.2, -0.15) is 0 Å². The molecule has 0 unspecified atom stereocenters. The Morgan fingerprint density at radius 2 is 1.51 bits per heavy atom. The van der Waals surface area contributed by atoms with Crippen molar-refractivity contribution < 1.29 is 23.5 Å². The second kappa shape index (κ2) is 11.8. The molecule has 1 saturated heterocycles. The molecule has 3 aromatic carbocycles. The molecular weight excluding hydrogens is 473 g/mol. The van der Waals surface area contributed by atoms with Gasteiger partial charge in [0.2, 0.25) is 5.91 Å². The molecule has 1 fully saturated rings. The highest BCUT2D eigenvalue weighted by molar-refractivity contribution is 5.95. The lowest BCUT2D eigenvalue weighted by molar-refractivity contribution is -0.118. The van der Waals surface area contributed by atoms with Crippen molar-refractivity contribution in [3.63, 3.8) is 0 Å². The van der Waals surface area contributed by atoms with E-state index in [9.17, 15) is 18.8 Å². The molecule has 192 valence electrons. The molecule has 0 bridgehead atoms. The summed E-state index contributed by atoms with van der Waals surface area (Å²) in [5.74, 6) is -1.81. The number of anilines is 1. The third kappa shape index (κ3) is 6.80. The smallest absolute Gasteiger partial charge is 0.339 e. The maximum absolute atomic E-state index is 14.1. The molecule has 3 aromatic rings. The normalized spacial score (nSPS) is 15.0. The van der Waals surface area contributed by atoms with Crippen LogP contribution in [0.3, 0.4) is 0 Å². The summed E-state index contributed by atoms with van der Waals surface area (Å²) in [5.41, 5.74) is 0.895. The van der Waals surface area contributed by atoms with Gasteiger partial charge >= 0.3 is 5.97 Å². The fourth-order valence-corrected chi connectivity index (χ4v) is 4.39. The summed E-state index contributed by atoms with van der Waals surface area (Å²) in [6.07, 6.45) is 0.807. The number of carbonyl (C=O) groups is 3. The molecule has 1 aliphatic heterocycles. The van der Waals surface area contributed by atoms with E-state index in [-0.39, 0.29) is 24.6 Å². The van der Waals surface area contributed by atoms with Crippen molar-refractivity contribution >= 4 is 23.5 Å². The van der Waals surface area contributed by atoms with E-state index in [0.29, 0.717) is 31.5 Å². The first-order valence-corrected chi connectivity index (χ1v) is 12.2. The molecule has 0 saturated carbocycles. The number of likely N-dealkylation sites (tertiary alicyclic amines) is 1. The van der Waals surface area contributed by atoms with E-state index in [2.05, 4.69) is 10.6 Å². The van der Waals surface area contributed by atoms with E-state index in [4.69, 9.17) is 4.74 Å². The maximum atomic E-state index is 14.1. The molecule has 0 radical (unpaired) electrons. The minimum atomic E-state index is -0.993. The van der Waals surface area contributed by atoms with Gasteiger partial charge in [0.25, 0.3) is 5.91 Å². The standard InChI is InChI=1S/C29H30FN3O4/c1-21-9-5-6-12-23(21)28(36)37-29(20-31-27(35)24-13-7-8-14-25(24)30)15-17-33(18-16-29)19-26(34)32-22-10-3-2-4-11-22/h2-14H,15-20H2,1H3,(H,31,35)(H,32,34). The summed E-state index contributed by atoms with van der Waals surface area (Å²) in [7, 11) is 0. The van der Waals surface area contributed by atoms with Gasteiger partial charge in [-0.3, -0.25) is 14.5 Å². The number of hydrogen-bond acceptors (Lipinski definition) is 5. The Labute approximate surface area is 215 Å². The van der Waals surface area contributed by atoms with Crippen LogP contribution in [-0.4, -0.2) is 54.5 Å². The molecule has 0 spiro atoms. The number of aryl methyl sites for hydroxylation is 1. The van der Waals surface area contributed by atoms with Crippen molar-refractivity contribution in [2.45, 2.75) is 25.4 Å². The van der Waals surface area contributed by atoms with Gasteiger partial charge in [-0.05, 0) is 42.8 Å². The quantitative estimate of drug-likeness (QED) is 0.450. The number of benzene rings is 3. The summed E-state index contributed by atoms with van der Waals surface area (Å²) in [5, 5.41) is 5.63. The molecule has 4 rings (SSSR count). The van der Waals surface area contributed by atoms with E-state index in [1.807, 2.05) is 54.3 Å². The number of ether oxygens (including phenoxy) is 1. The molecule has 37 heavy (non-hydrogen) atoms. The average Bonchev–Trinajstić information content (AvgIpc) is 2.90. The van der Waals surface area contributed by atoms with Crippen molar-refractivity contribution in [1.29, 1.82) is 0 Å². The molecule has 2 amide bonds. The third-order valence-corrected chi connectivity index (χ3v) is 6.56. The summed E-state index contributed by atoms with van der Waals surface area (Å²) in [6.45, 7) is 3.02. The molecular formula is C29H30FN3O4. The van der Waals surface area contributed by atoms with Crippen molar-refractivity contribution in [3.05, 3.63) is 101 Å². The first-order chi connectivity index (χ1) is 17.8. The summed E-state index contributed by atoms with van der Waals surface area (Å²) >= 11 is 0. The van der Waals surface area contributed by atoms with Crippen molar-refractivity contribution in [2.75, 3.05) is 31.5 Å². The number of carbonyl (C=O) groups excluding carboxylic acids is 3.